The van der Waals surface area contributed by atoms with E-state index in [-0.39, 0.29) is 6.17 Å². The SMILES string of the molecule is Cn1cc(C2Nc3ccc(C(=O)NO)cc3N2)c2ccccc21. The topological polar surface area (TPSA) is 78.3 Å². The van der Waals surface area contributed by atoms with Gasteiger partial charge in [-0.15, -0.1) is 0 Å². The van der Waals surface area contributed by atoms with E-state index in [1.54, 1.807) is 17.6 Å². The molecule has 3 aromatic rings. The van der Waals surface area contributed by atoms with Crippen LogP contribution in [0.2, 0.25) is 0 Å². The summed E-state index contributed by atoms with van der Waals surface area (Å²) in [6, 6.07) is 13.5. The van der Waals surface area contributed by atoms with Crippen LogP contribution in [0.25, 0.3) is 10.9 Å². The van der Waals surface area contributed by atoms with Gasteiger partial charge in [-0.2, -0.15) is 0 Å². The molecule has 1 amide bonds. The van der Waals surface area contributed by atoms with Crippen molar-refractivity contribution >= 4 is 28.2 Å². The van der Waals surface area contributed by atoms with E-state index in [0.717, 1.165) is 16.9 Å². The van der Waals surface area contributed by atoms with Gasteiger partial charge in [0.15, 0.2) is 0 Å². The number of amides is 1. The molecule has 1 unspecified atom stereocenters. The Kier molecular flexibility index (Phi) is 2.99. The Labute approximate surface area is 132 Å². The van der Waals surface area contributed by atoms with Crippen LogP contribution in [0.5, 0.6) is 0 Å². The van der Waals surface area contributed by atoms with Gasteiger partial charge in [0.1, 0.15) is 6.17 Å². The number of nitrogens with one attached hydrogen (secondary N) is 3. The van der Waals surface area contributed by atoms with Crippen LogP contribution in [0.4, 0.5) is 11.4 Å². The lowest BCUT2D eigenvalue weighted by Gasteiger charge is -2.11. The summed E-state index contributed by atoms with van der Waals surface area (Å²) in [5, 5.41) is 16.7. The number of aromatic nitrogens is 1. The average molecular weight is 308 g/mol. The van der Waals surface area contributed by atoms with Gasteiger partial charge in [-0.25, -0.2) is 5.48 Å². The van der Waals surface area contributed by atoms with Gasteiger partial charge < -0.3 is 15.2 Å². The largest absolute Gasteiger partial charge is 0.360 e. The Bertz CT molecular complexity index is 916. The Morgan fingerprint density at radius 3 is 2.78 bits per heavy atom. The quantitative estimate of drug-likeness (QED) is 0.434. The lowest BCUT2D eigenvalue weighted by atomic mass is 10.1. The number of carbonyl (C=O) groups is 1. The predicted octanol–water partition coefficient (Wildman–Crippen LogP) is 2.83. The highest BCUT2D eigenvalue weighted by Crippen LogP contribution is 2.38. The number of carbonyl (C=O) groups excluding carboxylic acids is 1. The van der Waals surface area contributed by atoms with Crippen LogP contribution in [0.15, 0.2) is 48.7 Å². The number of hydrogen-bond acceptors (Lipinski definition) is 4. The maximum atomic E-state index is 11.5. The second kappa shape index (κ2) is 5.03. The van der Waals surface area contributed by atoms with Gasteiger partial charge in [-0.1, -0.05) is 18.2 Å². The van der Waals surface area contributed by atoms with Crippen LogP contribution in [-0.2, 0) is 7.05 Å². The molecule has 0 radical (unpaired) electrons. The van der Waals surface area contributed by atoms with Gasteiger partial charge in [0.2, 0.25) is 0 Å². The highest BCUT2D eigenvalue weighted by Gasteiger charge is 2.24. The fraction of sp³-hybridized carbons (Fsp3) is 0.118. The van der Waals surface area contributed by atoms with Gasteiger partial charge in [0.25, 0.3) is 5.91 Å². The van der Waals surface area contributed by atoms with Gasteiger partial charge in [0.05, 0.1) is 11.4 Å². The Morgan fingerprint density at radius 2 is 1.96 bits per heavy atom. The molecule has 6 nitrogen and oxygen atoms in total. The third-order valence-electron chi connectivity index (χ3n) is 4.22. The summed E-state index contributed by atoms with van der Waals surface area (Å²) in [5.41, 5.74) is 6.13. The summed E-state index contributed by atoms with van der Waals surface area (Å²) in [7, 11) is 2.03. The van der Waals surface area contributed by atoms with Crippen molar-refractivity contribution in [3.8, 4) is 0 Å². The first kappa shape index (κ1) is 13.7. The first-order chi connectivity index (χ1) is 11.2. The number of benzene rings is 2. The fourth-order valence-corrected chi connectivity index (χ4v) is 3.10. The molecule has 0 spiro atoms. The minimum absolute atomic E-state index is 0.0662. The summed E-state index contributed by atoms with van der Waals surface area (Å²) in [6.07, 6.45) is 2.03. The molecular formula is C17H16N4O2. The molecule has 0 saturated heterocycles. The van der Waals surface area contributed by atoms with E-state index in [2.05, 4.69) is 33.5 Å². The molecule has 0 fully saturated rings. The van der Waals surface area contributed by atoms with Crippen LogP contribution in [0.1, 0.15) is 22.1 Å². The lowest BCUT2D eigenvalue weighted by molar-refractivity contribution is 0.0706. The summed E-state index contributed by atoms with van der Waals surface area (Å²) in [4.78, 5) is 11.5. The van der Waals surface area contributed by atoms with Crippen molar-refractivity contribution < 1.29 is 10.0 Å². The van der Waals surface area contributed by atoms with Crippen molar-refractivity contribution in [3.05, 3.63) is 59.8 Å². The van der Waals surface area contributed by atoms with E-state index >= 15 is 0 Å². The van der Waals surface area contributed by atoms with Gasteiger partial charge in [-0.3, -0.25) is 10.0 Å². The van der Waals surface area contributed by atoms with Crippen LogP contribution in [0.3, 0.4) is 0 Å². The van der Waals surface area contributed by atoms with E-state index < -0.39 is 5.91 Å². The van der Waals surface area contributed by atoms with Crippen LogP contribution >= 0.6 is 0 Å². The zero-order valence-electron chi connectivity index (χ0n) is 12.5. The van der Waals surface area contributed by atoms with Crippen LogP contribution in [-0.4, -0.2) is 15.7 Å². The van der Waals surface area contributed by atoms with Crippen molar-refractivity contribution in [2.24, 2.45) is 7.05 Å². The van der Waals surface area contributed by atoms with E-state index in [4.69, 9.17) is 5.21 Å². The zero-order chi connectivity index (χ0) is 16.0. The number of para-hydroxylation sites is 1. The molecule has 4 rings (SSSR count). The molecule has 0 aliphatic carbocycles. The number of hydrogen-bond donors (Lipinski definition) is 4. The number of hydroxylamine groups is 1. The molecular weight excluding hydrogens is 292 g/mol. The smallest absolute Gasteiger partial charge is 0.274 e. The second-order valence-corrected chi connectivity index (χ2v) is 5.64. The van der Waals surface area contributed by atoms with Crippen LogP contribution < -0.4 is 16.1 Å². The van der Waals surface area contributed by atoms with Gasteiger partial charge >= 0.3 is 0 Å². The monoisotopic (exact) mass is 308 g/mol. The number of fused-ring (bicyclic) bond motifs is 2. The van der Waals surface area contributed by atoms with Crippen molar-refractivity contribution in [3.63, 3.8) is 0 Å². The summed E-state index contributed by atoms with van der Waals surface area (Å²) < 4.78 is 2.10. The third kappa shape index (κ3) is 2.11. The Morgan fingerprint density at radius 1 is 1.17 bits per heavy atom. The third-order valence-corrected chi connectivity index (χ3v) is 4.22. The average Bonchev–Trinajstić information content (AvgIpc) is 3.15. The highest BCUT2D eigenvalue weighted by atomic mass is 16.5. The number of aryl methyl sites for hydroxylation is 1. The van der Waals surface area contributed by atoms with Crippen molar-refractivity contribution in [2.45, 2.75) is 6.17 Å². The predicted molar refractivity (Wildman–Crippen MR) is 88.6 cm³/mol. The zero-order valence-corrected chi connectivity index (χ0v) is 12.5. The number of nitrogens with zero attached hydrogens (tertiary/aromatic N) is 1. The fourth-order valence-electron chi connectivity index (χ4n) is 3.10. The molecule has 4 N–H and O–H groups in total. The normalized spacial score (nSPS) is 15.8. The van der Waals surface area contributed by atoms with Crippen molar-refractivity contribution in [1.29, 1.82) is 0 Å². The van der Waals surface area contributed by atoms with Gasteiger partial charge in [-0.05, 0) is 24.3 Å². The molecule has 0 saturated carbocycles. The maximum Gasteiger partial charge on any atom is 0.274 e. The molecule has 1 aliphatic rings. The molecule has 6 heteroatoms. The molecule has 1 aromatic heterocycles. The standard InChI is InChI=1S/C17H16N4O2/c1-21-9-12(11-4-2-3-5-15(11)21)16-18-13-7-6-10(17(22)20-23)8-14(13)19-16/h2-9,16,18-19,23H,1H3,(H,20,22). The minimum Gasteiger partial charge on any atom is -0.360 e. The Balaban J connectivity index is 1.71. The van der Waals surface area contributed by atoms with E-state index in [1.165, 1.54) is 10.9 Å². The molecule has 1 aliphatic heterocycles. The number of rotatable bonds is 2. The summed E-state index contributed by atoms with van der Waals surface area (Å²) >= 11 is 0. The molecule has 23 heavy (non-hydrogen) atoms. The summed E-state index contributed by atoms with van der Waals surface area (Å²) in [6.45, 7) is 0. The molecule has 1 atom stereocenters. The second-order valence-electron chi connectivity index (χ2n) is 5.64. The first-order valence-electron chi connectivity index (χ1n) is 7.33. The van der Waals surface area contributed by atoms with Crippen LogP contribution in [0, 0.1) is 0 Å². The lowest BCUT2D eigenvalue weighted by Crippen LogP contribution is -2.18. The molecule has 2 aromatic carbocycles. The van der Waals surface area contributed by atoms with Gasteiger partial charge in [0, 0.05) is 35.3 Å². The van der Waals surface area contributed by atoms with Crippen molar-refractivity contribution in [2.75, 3.05) is 10.6 Å². The maximum absolute atomic E-state index is 11.5. The first-order valence-corrected chi connectivity index (χ1v) is 7.33. The Hall–Kier alpha value is -2.99. The highest BCUT2D eigenvalue weighted by molar-refractivity contribution is 5.96. The van der Waals surface area contributed by atoms with E-state index in [9.17, 15) is 4.79 Å². The van der Waals surface area contributed by atoms with E-state index in [1.807, 2.05) is 25.2 Å². The molecule has 2 heterocycles. The molecule has 116 valence electrons. The number of anilines is 2. The van der Waals surface area contributed by atoms with E-state index in [0.29, 0.717) is 5.56 Å². The molecule has 0 bridgehead atoms. The summed E-state index contributed by atoms with van der Waals surface area (Å²) in [5.74, 6) is -0.525. The van der Waals surface area contributed by atoms with Crippen molar-refractivity contribution in [1.82, 2.24) is 10.0 Å². The minimum atomic E-state index is -0.525.